The predicted octanol–water partition coefficient (Wildman–Crippen LogP) is 0.378. The molecule has 1 rings (SSSR count). The molecule has 2 N–H and O–H groups in total. The lowest BCUT2D eigenvalue weighted by atomic mass is 10.2. The second-order valence-corrected chi connectivity index (χ2v) is 3.29. The van der Waals surface area contributed by atoms with Crippen molar-refractivity contribution in [3.8, 4) is 0 Å². The van der Waals surface area contributed by atoms with E-state index in [1.807, 2.05) is 0 Å². The van der Waals surface area contributed by atoms with Gasteiger partial charge in [-0.2, -0.15) is 0 Å². The molecule has 1 atom stereocenters. The van der Waals surface area contributed by atoms with Gasteiger partial charge in [0.2, 0.25) is 0 Å². The number of amides is 1. The Morgan fingerprint density at radius 2 is 2.25 bits per heavy atom. The number of carboxylic acids is 1. The number of carbonyl (C=O) groups is 2. The first-order valence-electron chi connectivity index (χ1n) is 4.86. The molecule has 0 aromatic carbocycles. The van der Waals surface area contributed by atoms with Crippen LogP contribution < -0.4 is 5.32 Å². The Morgan fingerprint density at radius 1 is 1.56 bits per heavy atom. The van der Waals surface area contributed by atoms with Crippen LogP contribution in [0, 0.1) is 6.92 Å². The number of hydrogen-bond acceptors (Lipinski definition) is 4. The minimum atomic E-state index is -1.05. The Morgan fingerprint density at radius 3 is 2.75 bits per heavy atom. The fourth-order valence-electron chi connectivity index (χ4n) is 1.19. The summed E-state index contributed by atoms with van der Waals surface area (Å²) < 4.78 is 0. The molecule has 0 bridgehead atoms. The summed E-state index contributed by atoms with van der Waals surface area (Å²) in [6.45, 7) is 3.35. The van der Waals surface area contributed by atoms with E-state index in [-0.39, 0.29) is 0 Å². The van der Waals surface area contributed by atoms with Gasteiger partial charge in [0.25, 0.3) is 5.91 Å². The molecule has 0 saturated heterocycles. The maximum Gasteiger partial charge on any atom is 0.326 e. The Hall–Kier alpha value is -1.98. The number of carbonyl (C=O) groups excluding carboxylic acids is 1. The summed E-state index contributed by atoms with van der Waals surface area (Å²) >= 11 is 0. The van der Waals surface area contributed by atoms with E-state index in [9.17, 15) is 9.59 Å². The summed E-state index contributed by atoms with van der Waals surface area (Å²) in [4.78, 5) is 30.0. The van der Waals surface area contributed by atoms with Crippen LogP contribution in [0.25, 0.3) is 0 Å². The zero-order chi connectivity index (χ0) is 12.1. The molecule has 0 aliphatic rings. The molecule has 1 aromatic heterocycles. The number of hydrogen-bond donors (Lipinski definition) is 2. The van der Waals surface area contributed by atoms with Gasteiger partial charge in [-0.25, -0.2) is 14.8 Å². The van der Waals surface area contributed by atoms with Gasteiger partial charge in [0.05, 0.1) is 11.3 Å². The Kier molecular flexibility index (Phi) is 3.93. The van der Waals surface area contributed by atoms with Crippen LogP contribution in [0.1, 0.15) is 29.4 Å². The van der Waals surface area contributed by atoms with Gasteiger partial charge in [-0.15, -0.1) is 0 Å². The quantitative estimate of drug-likeness (QED) is 0.769. The molecule has 86 valence electrons. The zero-order valence-corrected chi connectivity index (χ0v) is 9.10. The van der Waals surface area contributed by atoms with E-state index in [1.165, 1.54) is 12.5 Å². The van der Waals surface area contributed by atoms with Crippen LogP contribution in [0.4, 0.5) is 0 Å². The molecule has 0 aliphatic carbocycles. The molecule has 0 fully saturated rings. The zero-order valence-electron chi connectivity index (χ0n) is 9.10. The molecule has 1 heterocycles. The van der Waals surface area contributed by atoms with Gasteiger partial charge in [-0.1, -0.05) is 6.92 Å². The Bertz CT molecular complexity index is 406. The van der Waals surface area contributed by atoms with E-state index in [4.69, 9.17) is 5.11 Å². The summed E-state index contributed by atoms with van der Waals surface area (Å²) in [7, 11) is 0. The van der Waals surface area contributed by atoms with Crippen LogP contribution >= 0.6 is 0 Å². The normalized spacial score (nSPS) is 11.9. The third-order valence-electron chi connectivity index (χ3n) is 2.17. The first-order valence-corrected chi connectivity index (χ1v) is 4.86. The molecule has 16 heavy (non-hydrogen) atoms. The van der Waals surface area contributed by atoms with Gasteiger partial charge in [-0.05, 0) is 13.3 Å². The summed E-state index contributed by atoms with van der Waals surface area (Å²) in [6, 6.07) is -0.882. The van der Waals surface area contributed by atoms with Crippen molar-refractivity contribution in [3.05, 3.63) is 23.8 Å². The number of aryl methyl sites for hydroxylation is 1. The van der Waals surface area contributed by atoms with Crippen LogP contribution in [-0.2, 0) is 4.79 Å². The fraction of sp³-hybridized carbons (Fsp3) is 0.400. The van der Waals surface area contributed by atoms with Crippen LogP contribution in [0.3, 0.4) is 0 Å². The lowest BCUT2D eigenvalue weighted by Crippen LogP contribution is -2.40. The fourth-order valence-corrected chi connectivity index (χ4v) is 1.19. The summed E-state index contributed by atoms with van der Waals surface area (Å²) in [5.41, 5.74) is 0.815. The van der Waals surface area contributed by atoms with Crippen molar-refractivity contribution < 1.29 is 14.7 Å². The third kappa shape index (κ3) is 2.75. The molecule has 1 amide bonds. The second kappa shape index (κ2) is 5.20. The van der Waals surface area contributed by atoms with Crippen molar-refractivity contribution in [2.24, 2.45) is 0 Å². The summed E-state index contributed by atoms with van der Waals surface area (Å²) in [5.74, 6) is -1.52. The largest absolute Gasteiger partial charge is 0.480 e. The van der Waals surface area contributed by atoms with Crippen LogP contribution in [0.2, 0.25) is 0 Å². The summed E-state index contributed by atoms with van der Waals surface area (Å²) in [6.07, 6.45) is 3.03. The van der Waals surface area contributed by atoms with Crippen molar-refractivity contribution >= 4 is 11.9 Å². The number of rotatable bonds is 4. The third-order valence-corrected chi connectivity index (χ3v) is 2.17. The maximum absolute atomic E-state index is 11.7. The molecule has 1 aromatic rings. The number of aliphatic carboxylic acids is 1. The van der Waals surface area contributed by atoms with Crippen LogP contribution in [-0.4, -0.2) is 33.0 Å². The van der Waals surface area contributed by atoms with Gasteiger partial charge in [-0.3, -0.25) is 4.79 Å². The first-order chi connectivity index (χ1) is 7.56. The average molecular weight is 223 g/mol. The molecular weight excluding hydrogens is 210 g/mol. The highest BCUT2D eigenvalue weighted by molar-refractivity contribution is 5.97. The van der Waals surface area contributed by atoms with Gasteiger partial charge < -0.3 is 10.4 Å². The number of carboxylic acid groups (broad SMARTS) is 1. The molecule has 0 saturated carbocycles. The standard InChI is InChI=1S/C10H13N3O3/c1-3-8(10(15)16)13-9(14)7-4-11-5-12-6(7)2/h4-5,8H,3H2,1-2H3,(H,13,14)(H,15,16). The monoisotopic (exact) mass is 223 g/mol. The molecule has 0 spiro atoms. The van der Waals surface area contributed by atoms with Crippen LogP contribution in [0.5, 0.6) is 0 Å². The smallest absolute Gasteiger partial charge is 0.326 e. The molecule has 6 heteroatoms. The Labute approximate surface area is 92.7 Å². The van der Waals surface area contributed by atoms with E-state index >= 15 is 0 Å². The highest BCUT2D eigenvalue weighted by atomic mass is 16.4. The predicted molar refractivity (Wildman–Crippen MR) is 56.0 cm³/mol. The van der Waals surface area contributed by atoms with Crippen molar-refractivity contribution in [3.63, 3.8) is 0 Å². The topological polar surface area (TPSA) is 92.2 Å². The van der Waals surface area contributed by atoms with Crippen molar-refractivity contribution in [1.82, 2.24) is 15.3 Å². The minimum absolute atomic E-state index is 0.294. The van der Waals surface area contributed by atoms with Crippen LogP contribution in [0.15, 0.2) is 12.5 Å². The van der Waals surface area contributed by atoms with Gasteiger partial charge in [0, 0.05) is 6.20 Å². The lowest BCUT2D eigenvalue weighted by Gasteiger charge is -2.12. The molecule has 0 radical (unpaired) electrons. The molecule has 6 nitrogen and oxygen atoms in total. The highest BCUT2D eigenvalue weighted by Gasteiger charge is 2.19. The van der Waals surface area contributed by atoms with Gasteiger partial charge in [0.15, 0.2) is 0 Å². The van der Waals surface area contributed by atoms with Crippen molar-refractivity contribution in [1.29, 1.82) is 0 Å². The number of aromatic nitrogens is 2. The number of nitrogens with zero attached hydrogens (tertiary/aromatic N) is 2. The average Bonchev–Trinajstić information content (AvgIpc) is 2.25. The first kappa shape index (κ1) is 12.1. The summed E-state index contributed by atoms with van der Waals surface area (Å²) in [5, 5.41) is 11.2. The van der Waals surface area contributed by atoms with Gasteiger partial charge >= 0.3 is 5.97 Å². The van der Waals surface area contributed by atoms with Gasteiger partial charge in [0.1, 0.15) is 12.4 Å². The van der Waals surface area contributed by atoms with E-state index in [0.29, 0.717) is 17.7 Å². The van der Waals surface area contributed by atoms with E-state index in [0.717, 1.165) is 0 Å². The van der Waals surface area contributed by atoms with E-state index in [1.54, 1.807) is 13.8 Å². The van der Waals surface area contributed by atoms with E-state index in [2.05, 4.69) is 15.3 Å². The Balaban J connectivity index is 2.80. The maximum atomic E-state index is 11.7. The minimum Gasteiger partial charge on any atom is -0.480 e. The van der Waals surface area contributed by atoms with Crippen molar-refractivity contribution in [2.75, 3.05) is 0 Å². The van der Waals surface area contributed by atoms with Crippen molar-refractivity contribution in [2.45, 2.75) is 26.3 Å². The highest BCUT2D eigenvalue weighted by Crippen LogP contribution is 2.02. The molecule has 1 unspecified atom stereocenters. The molecular formula is C10H13N3O3. The second-order valence-electron chi connectivity index (χ2n) is 3.29. The van der Waals surface area contributed by atoms with E-state index < -0.39 is 17.9 Å². The lowest BCUT2D eigenvalue weighted by molar-refractivity contribution is -0.139. The number of nitrogens with one attached hydrogen (secondary N) is 1. The SMILES string of the molecule is CCC(NC(=O)c1cncnc1C)C(=O)O. The molecule has 0 aliphatic heterocycles.